The number of esters is 2. The molecule has 2 aliphatic rings. The molecule has 2 N–H and O–H groups in total. The second kappa shape index (κ2) is 6.68. The number of fused-ring (bicyclic) bond motifs is 1. The quantitative estimate of drug-likeness (QED) is 0.547. The Morgan fingerprint density at radius 1 is 1.15 bits per heavy atom. The lowest BCUT2D eigenvalue weighted by Crippen LogP contribution is -2.65. The lowest BCUT2D eigenvalue weighted by molar-refractivity contribution is -0.162. The second-order valence-electron chi connectivity index (χ2n) is 7.54. The predicted octanol–water partition coefficient (Wildman–Crippen LogP) is 1.09. The fraction of sp³-hybridized carbons (Fsp3) is 0.824. The molecule has 0 bridgehead atoms. The highest BCUT2D eigenvalue weighted by Gasteiger charge is 2.86. The van der Waals surface area contributed by atoms with E-state index in [1.807, 2.05) is 0 Å². The topological polar surface area (TPSA) is 111 Å². The van der Waals surface area contributed by atoms with Gasteiger partial charge in [-0.2, -0.15) is 0 Å². The highest BCUT2D eigenvalue weighted by Crippen LogP contribution is 2.67. The zero-order valence-corrected chi connectivity index (χ0v) is 15.6. The van der Waals surface area contributed by atoms with E-state index < -0.39 is 52.8 Å². The summed E-state index contributed by atoms with van der Waals surface area (Å²) in [5, 5.41) is 12.7. The van der Waals surface area contributed by atoms with E-state index in [1.165, 1.54) is 6.92 Å². The molecule has 0 unspecified atom stereocenters. The van der Waals surface area contributed by atoms with Gasteiger partial charge in [-0.15, -0.1) is 0 Å². The monoisotopic (exact) mass is 375 g/mol. The van der Waals surface area contributed by atoms with Gasteiger partial charge in [-0.05, 0) is 41.0 Å². The number of aliphatic hydroxyl groups excluding tert-OH is 1. The molecule has 9 heteroatoms. The average molecular weight is 375 g/mol. The number of hydrogen-bond donors (Lipinski definition) is 2. The van der Waals surface area contributed by atoms with E-state index >= 15 is 4.39 Å². The largest absolute Gasteiger partial charge is 0.464 e. The summed E-state index contributed by atoms with van der Waals surface area (Å²) in [7, 11) is 0. The summed E-state index contributed by atoms with van der Waals surface area (Å²) in [5.41, 5.74) is -5.44. The van der Waals surface area contributed by atoms with Crippen molar-refractivity contribution in [2.75, 3.05) is 13.2 Å². The Hall–Kier alpha value is -1.90. The van der Waals surface area contributed by atoms with Crippen LogP contribution in [0.1, 0.15) is 41.0 Å². The van der Waals surface area contributed by atoms with E-state index in [4.69, 9.17) is 14.2 Å². The summed E-state index contributed by atoms with van der Waals surface area (Å²) in [6, 6.07) is 0. The number of aliphatic hydroxyl groups is 1. The van der Waals surface area contributed by atoms with Crippen molar-refractivity contribution in [2.45, 2.75) is 64.0 Å². The molecule has 0 heterocycles. The van der Waals surface area contributed by atoms with Crippen molar-refractivity contribution in [2.24, 2.45) is 11.8 Å². The molecule has 0 aromatic heterocycles. The average Bonchev–Trinajstić information content (AvgIpc) is 2.96. The van der Waals surface area contributed by atoms with Gasteiger partial charge in [-0.25, -0.2) is 18.8 Å². The Morgan fingerprint density at radius 2 is 1.69 bits per heavy atom. The summed E-state index contributed by atoms with van der Waals surface area (Å²) >= 11 is 0. The Morgan fingerprint density at radius 3 is 2.19 bits per heavy atom. The summed E-state index contributed by atoms with van der Waals surface area (Å²) in [6.07, 6.45) is -2.61. The maximum atomic E-state index is 15.3. The number of carbonyl (C=O) groups excluding carboxylic acids is 3. The minimum Gasteiger partial charge on any atom is -0.464 e. The number of carbonyl (C=O) groups is 3. The number of alkyl carbamates (subject to hydrolysis) is 1. The number of nitrogens with one attached hydrogen (secondary N) is 1. The lowest BCUT2D eigenvalue weighted by Gasteiger charge is -2.35. The summed E-state index contributed by atoms with van der Waals surface area (Å²) in [5.74, 6) is -4.34. The van der Waals surface area contributed by atoms with Crippen LogP contribution in [-0.2, 0) is 23.8 Å². The maximum absolute atomic E-state index is 15.3. The van der Waals surface area contributed by atoms with Crippen LogP contribution in [0.5, 0.6) is 0 Å². The number of rotatable bonds is 5. The predicted molar refractivity (Wildman–Crippen MR) is 86.8 cm³/mol. The van der Waals surface area contributed by atoms with Crippen molar-refractivity contribution in [3.63, 3.8) is 0 Å². The standard InChI is InChI=1S/C17H26FNO7/c1-6-24-12(21)16(18)9-8-10(20)17(11(9)16,13(22)25-7-2)19-14(23)26-15(3,4)5/h9-11,20H,6-8H2,1-5H3,(H,19,23)/t9-,10+,11+,16-,17+/m1/s1. The van der Waals surface area contributed by atoms with Gasteiger partial charge in [0.1, 0.15) is 5.60 Å². The van der Waals surface area contributed by atoms with Crippen molar-refractivity contribution < 1.29 is 38.1 Å². The Labute approximate surface area is 151 Å². The Kier molecular flexibility index (Phi) is 5.24. The van der Waals surface area contributed by atoms with E-state index in [-0.39, 0.29) is 19.6 Å². The first kappa shape index (κ1) is 20.4. The van der Waals surface area contributed by atoms with Gasteiger partial charge in [-0.1, -0.05) is 0 Å². The van der Waals surface area contributed by atoms with Crippen LogP contribution in [0.15, 0.2) is 0 Å². The molecule has 2 fully saturated rings. The van der Waals surface area contributed by atoms with E-state index in [0.717, 1.165) is 0 Å². The molecular formula is C17H26FNO7. The van der Waals surface area contributed by atoms with Crippen LogP contribution in [-0.4, -0.2) is 59.3 Å². The van der Waals surface area contributed by atoms with Crippen LogP contribution in [0.2, 0.25) is 0 Å². The van der Waals surface area contributed by atoms with Gasteiger partial charge in [-0.3, -0.25) is 0 Å². The molecule has 8 nitrogen and oxygen atoms in total. The molecule has 0 aromatic rings. The smallest absolute Gasteiger partial charge is 0.408 e. The SMILES string of the molecule is CCOC(=O)[C@@]1(F)[C@@H]2C[C@H](O)[C@@](NC(=O)OC(C)(C)C)(C(=O)OCC)[C@@H]21. The minimum atomic E-state index is -2.46. The lowest BCUT2D eigenvalue weighted by atomic mass is 9.86. The molecule has 0 spiro atoms. The number of halogens is 1. The molecule has 0 aliphatic heterocycles. The van der Waals surface area contributed by atoms with Crippen LogP contribution < -0.4 is 5.32 Å². The van der Waals surface area contributed by atoms with E-state index in [1.54, 1.807) is 27.7 Å². The fourth-order valence-corrected chi connectivity index (χ4v) is 3.73. The van der Waals surface area contributed by atoms with Gasteiger partial charge >= 0.3 is 18.0 Å². The maximum Gasteiger partial charge on any atom is 0.408 e. The summed E-state index contributed by atoms with van der Waals surface area (Å²) < 4.78 is 30.1. The number of hydrogen-bond acceptors (Lipinski definition) is 7. The van der Waals surface area contributed by atoms with Gasteiger partial charge in [0.05, 0.1) is 19.3 Å². The van der Waals surface area contributed by atoms with E-state index in [2.05, 4.69) is 5.32 Å². The number of alkyl halides is 1. The van der Waals surface area contributed by atoms with Gasteiger partial charge < -0.3 is 24.6 Å². The van der Waals surface area contributed by atoms with Gasteiger partial charge in [0.2, 0.25) is 5.67 Å². The molecule has 1 amide bonds. The third-order valence-electron chi connectivity index (χ3n) is 4.69. The summed E-state index contributed by atoms with van der Waals surface area (Å²) in [6.45, 7) is 7.86. The molecule has 2 rings (SSSR count). The zero-order chi connectivity index (χ0) is 19.9. The van der Waals surface area contributed by atoms with Gasteiger partial charge in [0.15, 0.2) is 5.54 Å². The fourth-order valence-electron chi connectivity index (χ4n) is 3.73. The minimum absolute atomic E-state index is 0.0294. The molecule has 5 atom stereocenters. The van der Waals surface area contributed by atoms with E-state index in [9.17, 15) is 19.5 Å². The highest BCUT2D eigenvalue weighted by molar-refractivity contribution is 5.94. The molecule has 2 saturated carbocycles. The molecule has 0 radical (unpaired) electrons. The molecular weight excluding hydrogens is 349 g/mol. The van der Waals surface area contributed by atoms with Gasteiger partial charge in [0.25, 0.3) is 0 Å². The molecule has 0 aromatic carbocycles. The normalized spacial score (nSPS) is 35.3. The Balaban J connectivity index is 2.36. The van der Waals surface area contributed by atoms with Crippen molar-refractivity contribution in [1.82, 2.24) is 5.32 Å². The third-order valence-corrected chi connectivity index (χ3v) is 4.69. The first-order valence-electron chi connectivity index (χ1n) is 8.67. The first-order valence-corrected chi connectivity index (χ1v) is 8.67. The van der Waals surface area contributed by atoms with Crippen LogP contribution in [0, 0.1) is 11.8 Å². The van der Waals surface area contributed by atoms with Crippen LogP contribution in [0.3, 0.4) is 0 Å². The zero-order valence-electron chi connectivity index (χ0n) is 15.6. The van der Waals surface area contributed by atoms with Crippen molar-refractivity contribution in [1.29, 1.82) is 0 Å². The van der Waals surface area contributed by atoms with E-state index in [0.29, 0.717) is 0 Å². The first-order chi connectivity index (χ1) is 11.9. The van der Waals surface area contributed by atoms with Crippen LogP contribution >= 0.6 is 0 Å². The molecule has 0 saturated heterocycles. The van der Waals surface area contributed by atoms with Crippen molar-refractivity contribution in [3.8, 4) is 0 Å². The molecule has 148 valence electrons. The number of ether oxygens (including phenoxy) is 3. The van der Waals surface area contributed by atoms with Crippen LogP contribution in [0.4, 0.5) is 9.18 Å². The van der Waals surface area contributed by atoms with Gasteiger partial charge in [0, 0.05) is 11.8 Å². The molecule has 2 aliphatic carbocycles. The third kappa shape index (κ3) is 3.13. The molecule has 26 heavy (non-hydrogen) atoms. The second-order valence-corrected chi connectivity index (χ2v) is 7.54. The Bertz CT molecular complexity index is 604. The number of amides is 1. The summed E-state index contributed by atoms with van der Waals surface area (Å²) in [4.78, 5) is 36.9. The van der Waals surface area contributed by atoms with Crippen molar-refractivity contribution in [3.05, 3.63) is 0 Å². The highest BCUT2D eigenvalue weighted by atomic mass is 19.1. The van der Waals surface area contributed by atoms with Crippen LogP contribution in [0.25, 0.3) is 0 Å². The van der Waals surface area contributed by atoms with Crippen molar-refractivity contribution >= 4 is 18.0 Å².